The average Bonchev–Trinajstić information content (AvgIpc) is 2.83. The van der Waals surface area contributed by atoms with Crippen LogP contribution in [0.15, 0.2) is 64.2 Å². The third-order valence-corrected chi connectivity index (χ3v) is 6.13. The first kappa shape index (κ1) is 21.4. The molecule has 0 aromatic heterocycles. The molecule has 5 nitrogen and oxygen atoms in total. The lowest BCUT2D eigenvalue weighted by molar-refractivity contribution is -0.274. The van der Waals surface area contributed by atoms with Crippen LogP contribution in [0.3, 0.4) is 0 Å². The predicted molar refractivity (Wildman–Crippen MR) is 104 cm³/mol. The Bertz CT molecular complexity index is 933. The molecule has 1 N–H and O–H groups in total. The summed E-state index contributed by atoms with van der Waals surface area (Å²) in [6.45, 7) is 4.97. The van der Waals surface area contributed by atoms with Gasteiger partial charge >= 0.3 is 6.36 Å². The van der Waals surface area contributed by atoms with Crippen molar-refractivity contribution in [3.8, 4) is 5.75 Å². The number of ether oxygens (including phenoxy) is 1. The molecule has 0 saturated heterocycles. The number of nitrogens with zero attached hydrogens (tertiary/aromatic N) is 1. The number of hydrogen-bond acceptors (Lipinski definition) is 4. The second-order valence-electron chi connectivity index (χ2n) is 6.94. The lowest BCUT2D eigenvalue weighted by Crippen LogP contribution is -2.25. The molecule has 0 amide bonds. The van der Waals surface area contributed by atoms with Gasteiger partial charge in [-0.15, -0.1) is 13.2 Å². The normalized spacial score (nSPS) is 18.1. The van der Waals surface area contributed by atoms with Gasteiger partial charge in [-0.25, -0.2) is 8.42 Å². The van der Waals surface area contributed by atoms with Crippen molar-refractivity contribution in [3.63, 3.8) is 0 Å². The number of sulfonamides is 1. The summed E-state index contributed by atoms with van der Waals surface area (Å²) in [5.41, 5.74) is 2.79. The predicted octanol–water partition coefficient (Wildman–Crippen LogP) is 4.12. The maximum absolute atomic E-state index is 12.6. The first-order valence-corrected chi connectivity index (χ1v) is 10.9. The van der Waals surface area contributed by atoms with Crippen molar-refractivity contribution in [1.82, 2.24) is 9.62 Å². The fourth-order valence-electron chi connectivity index (χ4n) is 3.37. The van der Waals surface area contributed by atoms with Crippen LogP contribution < -0.4 is 9.46 Å². The van der Waals surface area contributed by atoms with Gasteiger partial charge in [-0.1, -0.05) is 19.1 Å². The van der Waals surface area contributed by atoms with Crippen molar-refractivity contribution in [2.24, 2.45) is 0 Å². The van der Waals surface area contributed by atoms with Gasteiger partial charge in [0.1, 0.15) is 5.75 Å². The van der Waals surface area contributed by atoms with Crippen molar-refractivity contribution >= 4 is 10.0 Å². The van der Waals surface area contributed by atoms with Gasteiger partial charge < -0.3 is 4.74 Å². The Morgan fingerprint density at radius 1 is 1.14 bits per heavy atom. The van der Waals surface area contributed by atoms with Crippen molar-refractivity contribution in [3.05, 3.63) is 59.3 Å². The summed E-state index contributed by atoms with van der Waals surface area (Å²) in [5, 5.41) is 0. The highest BCUT2D eigenvalue weighted by atomic mass is 32.2. The molecule has 0 radical (unpaired) electrons. The van der Waals surface area contributed by atoms with Crippen LogP contribution in [-0.2, 0) is 10.0 Å². The molecule has 0 saturated carbocycles. The molecule has 0 atom stereocenters. The third-order valence-electron chi connectivity index (χ3n) is 4.74. The highest BCUT2D eigenvalue weighted by Crippen LogP contribution is 2.29. The molecule has 0 spiro atoms. The molecule has 1 heterocycles. The van der Waals surface area contributed by atoms with E-state index in [4.69, 9.17) is 0 Å². The molecule has 0 bridgehead atoms. The molecular formula is C20H23F3N2O3S. The Kier molecular flexibility index (Phi) is 6.38. The van der Waals surface area contributed by atoms with E-state index in [-0.39, 0.29) is 4.90 Å². The van der Waals surface area contributed by atoms with E-state index in [1.807, 2.05) is 12.2 Å². The van der Waals surface area contributed by atoms with E-state index in [0.29, 0.717) is 12.1 Å². The topological polar surface area (TPSA) is 58.6 Å². The standard InChI is InChI=1S/C20H23F3N2O3S/c1-2-11-25-12-9-15-3-4-17(14-16(15)10-13-25)24-29(26,27)19-7-5-18(6-8-19)28-20(21,22)23/h4-9,14,24H,2-3,10-13H2,1H3. The second kappa shape index (κ2) is 8.62. The molecule has 158 valence electrons. The van der Waals surface area contributed by atoms with E-state index in [1.165, 1.54) is 5.57 Å². The minimum absolute atomic E-state index is 0.136. The Morgan fingerprint density at radius 2 is 1.86 bits per heavy atom. The zero-order chi connectivity index (χ0) is 21.1. The van der Waals surface area contributed by atoms with Crippen molar-refractivity contribution in [1.29, 1.82) is 0 Å². The Labute approximate surface area is 168 Å². The molecule has 1 aliphatic carbocycles. The summed E-state index contributed by atoms with van der Waals surface area (Å²) in [6, 6.07) is 4.12. The second-order valence-corrected chi connectivity index (χ2v) is 8.62. The third kappa shape index (κ3) is 5.86. The van der Waals surface area contributed by atoms with Gasteiger partial charge in [0, 0.05) is 18.8 Å². The largest absolute Gasteiger partial charge is 0.573 e. The monoisotopic (exact) mass is 428 g/mol. The Balaban J connectivity index is 1.70. The molecule has 1 aromatic rings. The van der Waals surface area contributed by atoms with Gasteiger partial charge in [0.05, 0.1) is 4.90 Å². The van der Waals surface area contributed by atoms with Crippen molar-refractivity contribution in [2.75, 3.05) is 19.6 Å². The van der Waals surface area contributed by atoms with Gasteiger partial charge in [0.2, 0.25) is 0 Å². The Morgan fingerprint density at radius 3 is 2.52 bits per heavy atom. The maximum Gasteiger partial charge on any atom is 0.573 e. The molecule has 29 heavy (non-hydrogen) atoms. The molecule has 1 aromatic carbocycles. The fourth-order valence-corrected chi connectivity index (χ4v) is 4.44. The number of rotatable bonds is 6. The summed E-state index contributed by atoms with van der Waals surface area (Å²) in [4.78, 5) is 2.23. The number of halogens is 3. The van der Waals surface area contributed by atoms with Crippen LogP contribution in [0.25, 0.3) is 0 Å². The summed E-state index contributed by atoms with van der Waals surface area (Å²) in [6.07, 6.45) is 3.58. The van der Waals surface area contributed by atoms with Gasteiger partial charge in [-0.2, -0.15) is 0 Å². The maximum atomic E-state index is 12.6. The summed E-state index contributed by atoms with van der Waals surface area (Å²) in [5.74, 6) is -0.472. The lowest BCUT2D eigenvalue weighted by Gasteiger charge is -2.19. The van der Waals surface area contributed by atoms with Crippen LogP contribution in [0.4, 0.5) is 13.2 Å². The molecule has 1 aliphatic heterocycles. The Hall–Kier alpha value is -2.26. The van der Waals surface area contributed by atoms with E-state index in [1.54, 1.807) is 0 Å². The highest BCUT2D eigenvalue weighted by molar-refractivity contribution is 7.89. The average molecular weight is 428 g/mol. The molecular weight excluding hydrogens is 405 g/mol. The number of alkyl halides is 3. The number of allylic oxidation sites excluding steroid dienone is 3. The van der Waals surface area contributed by atoms with E-state index in [0.717, 1.165) is 62.3 Å². The number of fused-ring (bicyclic) bond motifs is 1. The molecule has 9 heteroatoms. The first-order valence-electron chi connectivity index (χ1n) is 9.37. The van der Waals surface area contributed by atoms with E-state index in [9.17, 15) is 21.6 Å². The van der Waals surface area contributed by atoms with Gasteiger partial charge in [-0.05, 0) is 67.3 Å². The van der Waals surface area contributed by atoms with Crippen LogP contribution >= 0.6 is 0 Å². The van der Waals surface area contributed by atoms with Gasteiger partial charge in [0.15, 0.2) is 0 Å². The van der Waals surface area contributed by atoms with Crippen LogP contribution in [0.5, 0.6) is 5.75 Å². The quantitative estimate of drug-likeness (QED) is 0.741. The SMILES string of the molecule is CCCN1CC=C2CC=C(NS(=O)(=O)c3ccc(OC(F)(F)F)cc3)C=C2CC1. The first-order chi connectivity index (χ1) is 13.7. The van der Waals surface area contributed by atoms with Crippen LogP contribution in [0.2, 0.25) is 0 Å². The highest BCUT2D eigenvalue weighted by Gasteiger charge is 2.31. The minimum Gasteiger partial charge on any atom is -0.406 e. The van der Waals surface area contributed by atoms with Crippen molar-refractivity contribution in [2.45, 2.75) is 37.4 Å². The summed E-state index contributed by atoms with van der Waals surface area (Å²) in [7, 11) is -3.92. The van der Waals surface area contributed by atoms with Crippen LogP contribution in [0.1, 0.15) is 26.2 Å². The molecule has 0 fully saturated rings. The lowest BCUT2D eigenvalue weighted by atomic mass is 9.95. The van der Waals surface area contributed by atoms with Crippen LogP contribution in [-0.4, -0.2) is 39.3 Å². The van der Waals surface area contributed by atoms with Crippen LogP contribution in [0, 0.1) is 0 Å². The summed E-state index contributed by atoms with van der Waals surface area (Å²) < 4.78 is 68.2. The zero-order valence-corrected chi connectivity index (χ0v) is 16.8. The molecule has 0 unspecified atom stereocenters. The smallest absolute Gasteiger partial charge is 0.406 e. The van der Waals surface area contributed by atoms with Gasteiger partial charge in [-0.3, -0.25) is 9.62 Å². The van der Waals surface area contributed by atoms with Gasteiger partial charge in [0.25, 0.3) is 10.0 Å². The molecule has 2 aliphatic rings. The minimum atomic E-state index is -4.83. The van der Waals surface area contributed by atoms with Crippen molar-refractivity contribution < 1.29 is 26.3 Å². The summed E-state index contributed by atoms with van der Waals surface area (Å²) >= 11 is 0. The zero-order valence-electron chi connectivity index (χ0n) is 16.0. The number of nitrogens with one attached hydrogen (secondary N) is 1. The number of benzene rings is 1. The molecule has 3 rings (SSSR count). The van der Waals surface area contributed by atoms with E-state index in [2.05, 4.69) is 27.4 Å². The van der Waals surface area contributed by atoms with E-state index < -0.39 is 22.1 Å². The number of hydrogen-bond donors (Lipinski definition) is 1. The van der Waals surface area contributed by atoms with E-state index >= 15 is 0 Å². The fraction of sp³-hybridized carbons (Fsp3) is 0.400.